The average molecular weight is 239 g/mol. The second kappa shape index (κ2) is 5.46. The molecule has 1 fully saturated rings. The minimum absolute atomic E-state index is 0.157. The van der Waals surface area contributed by atoms with Gasteiger partial charge in [0.25, 0.3) is 0 Å². The summed E-state index contributed by atoms with van der Waals surface area (Å²) in [6.07, 6.45) is 3.38. The van der Waals surface area contributed by atoms with Crippen LogP contribution in [0.1, 0.15) is 36.7 Å². The number of hydrogen-bond donors (Lipinski definition) is 2. The Morgan fingerprint density at radius 1 is 1.62 bits per heavy atom. The summed E-state index contributed by atoms with van der Waals surface area (Å²) >= 11 is 1.55. The summed E-state index contributed by atoms with van der Waals surface area (Å²) in [6.45, 7) is 0.564. The van der Waals surface area contributed by atoms with Gasteiger partial charge in [0.05, 0.1) is 6.10 Å². The van der Waals surface area contributed by atoms with Crippen LogP contribution in [-0.2, 0) is 4.79 Å². The second-order valence-corrected chi connectivity index (χ2v) is 5.22. The lowest BCUT2D eigenvalue weighted by Crippen LogP contribution is -2.35. The summed E-state index contributed by atoms with van der Waals surface area (Å²) in [7, 11) is 0. The van der Waals surface area contributed by atoms with Gasteiger partial charge in [0.2, 0.25) is 5.91 Å². The molecule has 1 aromatic rings. The van der Waals surface area contributed by atoms with E-state index in [4.69, 9.17) is 0 Å². The van der Waals surface area contributed by atoms with E-state index in [1.165, 1.54) is 6.42 Å². The van der Waals surface area contributed by atoms with E-state index < -0.39 is 6.10 Å². The van der Waals surface area contributed by atoms with Gasteiger partial charge in [-0.1, -0.05) is 12.5 Å². The van der Waals surface area contributed by atoms with Crippen molar-refractivity contribution in [2.24, 2.45) is 5.92 Å². The third-order valence-electron chi connectivity index (χ3n) is 3.06. The predicted molar refractivity (Wildman–Crippen MR) is 64.2 cm³/mol. The minimum Gasteiger partial charge on any atom is -0.388 e. The maximum Gasteiger partial charge on any atom is 0.223 e. The molecular weight excluding hydrogens is 222 g/mol. The van der Waals surface area contributed by atoms with E-state index in [9.17, 15) is 9.90 Å². The standard InChI is InChI=1S/C12H17NO2S/c14-10(11-5-2-8-16-11)6-7-13-12(15)9-3-1-4-9/h2,5,8-10,14H,1,3-4,6-7H2,(H,13,15)/t10-/m1/s1. The third-order valence-corrected chi connectivity index (χ3v) is 4.04. The minimum atomic E-state index is -0.443. The summed E-state index contributed by atoms with van der Waals surface area (Å²) in [4.78, 5) is 12.5. The fourth-order valence-electron chi connectivity index (χ4n) is 1.77. The normalized spacial score (nSPS) is 17.8. The van der Waals surface area contributed by atoms with Crippen molar-refractivity contribution in [3.8, 4) is 0 Å². The van der Waals surface area contributed by atoms with Gasteiger partial charge in [-0.05, 0) is 30.7 Å². The Hall–Kier alpha value is -0.870. The van der Waals surface area contributed by atoms with Crippen LogP contribution >= 0.6 is 11.3 Å². The Morgan fingerprint density at radius 2 is 2.44 bits per heavy atom. The molecule has 2 rings (SSSR count). The lowest BCUT2D eigenvalue weighted by atomic mass is 9.85. The molecule has 0 spiro atoms. The third kappa shape index (κ3) is 2.83. The number of amides is 1. The lowest BCUT2D eigenvalue weighted by Gasteiger charge is -2.24. The monoisotopic (exact) mass is 239 g/mol. The first-order valence-corrected chi connectivity index (χ1v) is 6.64. The van der Waals surface area contributed by atoms with Crippen LogP contribution in [0.2, 0.25) is 0 Å². The second-order valence-electron chi connectivity index (χ2n) is 4.24. The van der Waals surface area contributed by atoms with E-state index in [0.29, 0.717) is 13.0 Å². The van der Waals surface area contributed by atoms with Crippen molar-refractivity contribution in [1.82, 2.24) is 5.32 Å². The van der Waals surface area contributed by atoms with Crippen molar-refractivity contribution < 1.29 is 9.90 Å². The highest BCUT2D eigenvalue weighted by atomic mass is 32.1. The quantitative estimate of drug-likeness (QED) is 0.826. The number of carbonyl (C=O) groups excluding carboxylic acids is 1. The zero-order valence-corrected chi connectivity index (χ0v) is 10.0. The van der Waals surface area contributed by atoms with Crippen LogP contribution in [0.25, 0.3) is 0 Å². The molecule has 4 heteroatoms. The molecule has 0 aromatic carbocycles. The number of thiophene rings is 1. The molecule has 2 N–H and O–H groups in total. The first-order valence-electron chi connectivity index (χ1n) is 5.76. The Balaban J connectivity index is 1.65. The fraction of sp³-hybridized carbons (Fsp3) is 0.583. The summed E-state index contributed by atoms with van der Waals surface area (Å²) in [5.41, 5.74) is 0. The average Bonchev–Trinajstić information content (AvgIpc) is 2.67. The number of carbonyl (C=O) groups is 1. The highest BCUT2D eigenvalue weighted by Crippen LogP contribution is 2.26. The van der Waals surface area contributed by atoms with Crippen molar-refractivity contribution in [2.45, 2.75) is 31.8 Å². The van der Waals surface area contributed by atoms with Crippen LogP contribution in [0.15, 0.2) is 17.5 Å². The smallest absolute Gasteiger partial charge is 0.223 e. The molecule has 0 aliphatic heterocycles. The van der Waals surface area contributed by atoms with Crippen LogP contribution in [0.5, 0.6) is 0 Å². The summed E-state index contributed by atoms with van der Waals surface area (Å²) in [5.74, 6) is 0.392. The first-order chi connectivity index (χ1) is 7.77. The highest BCUT2D eigenvalue weighted by molar-refractivity contribution is 7.10. The van der Waals surface area contributed by atoms with E-state index in [0.717, 1.165) is 17.7 Å². The van der Waals surface area contributed by atoms with Crippen LogP contribution in [0.4, 0.5) is 0 Å². The molecule has 0 saturated heterocycles. The molecule has 0 unspecified atom stereocenters. The van der Waals surface area contributed by atoms with Crippen molar-refractivity contribution in [1.29, 1.82) is 0 Å². The number of hydrogen-bond acceptors (Lipinski definition) is 3. The van der Waals surface area contributed by atoms with E-state index >= 15 is 0 Å². The van der Waals surface area contributed by atoms with E-state index in [-0.39, 0.29) is 11.8 Å². The van der Waals surface area contributed by atoms with Crippen molar-refractivity contribution in [3.05, 3.63) is 22.4 Å². The summed E-state index contributed by atoms with van der Waals surface area (Å²) < 4.78 is 0. The number of rotatable bonds is 5. The highest BCUT2D eigenvalue weighted by Gasteiger charge is 2.24. The van der Waals surface area contributed by atoms with Gasteiger partial charge in [-0.15, -0.1) is 11.3 Å². The molecule has 16 heavy (non-hydrogen) atoms. The van der Waals surface area contributed by atoms with Crippen LogP contribution in [-0.4, -0.2) is 17.6 Å². The van der Waals surface area contributed by atoms with Crippen LogP contribution in [0, 0.1) is 5.92 Å². The molecule has 1 aliphatic carbocycles. The van der Waals surface area contributed by atoms with E-state index in [2.05, 4.69) is 5.32 Å². The van der Waals surface area contributed by atoms with Gasteiger partial charge in [0.15, 0.2) is 0 Å². The Labute approximate surface area is 99.5 Å². The maximum absolute atomic E-state index is 11.5. The molecule has 88 valence electrons. The van der Waals surface area contributed by atoms with Crippen molar-refractivity contribution in [2.75, 3.05) is 6.54 Å². The zero-order valence-electron chi connectivity index (χ0n) is 9.19. The molecule has 3 nitrogen and oxygen atoms in total. The molecule has 1 aromatic heterocycles. The van der Waals surface area contributed by atoms with Crippen molar-refractivity contribution in [3.63, 3.8) is 0 Å². The zero-order chi connectivity index (χ0) is 11.4. The molecule has 0 bridgehead atoms. The van der Waals surface area contributed by atoms with Crippen LogP contribution < -0.4 is 5.32 Å². The van der Waals surface area contributed by atoms with Crippen molar-refractivity contribution >= 4 is 17.2 Å². The molecule has 1 heterocycles. The summed E-state index contributed by atoms with van der Waals surface area (Å²) in [6, 6.07) is 3.85. The molecule has 1 saturated carbocycles. The van der Waals surface area contributed by atoms with E-state index in [1.807, 2.05) is 17.5 Å². The Bertz CT molecular complexity index is 333. The van der Waals surface area contributed by atoms with Gasteiger partial charge in [-0.25, -0.2) is 0 Å². The molecular formula is C12H17NO2S. The van der Waals surface area contributed by atoms with Gasteiger partial charge in [0, 0.05) is 17.3 Å². The largest absolute Gasteiger partial charge is 0.388 e. The number of aliphatic hydroxyl groups excluding tert-OH is 1. The SMILES string of the molecule is O=C(NCC[C@@H](O)c1cccs1)C1CCC1. The van der Waals surface area contributed by atoms with E-state index in [1.54, 1.807) is 11.3 Å². The summed E-state index contributed by atoms with van der Waals surface area (Å²) in [5, 5.41) is 14.6. The fourth-order valence-corrected chi connectivity index (χ4v) is 2.52. The topological polar surface area (TPSA) is 49.3 Å². The first kappa shape index (κ1) is 11.6. The van der Waals surface area contributed by atoms with Gasteiger partial charge in [0.1, 0.15) is 0 Å². The molecule has 0 radical (unpaired) electrons. The molecule has 1 aliphatic rings. The van der Waals surface area contributed by atoms with Gasteiger partial charge >= 0.3 is 0 Å². The maximum atomic E-state index is 11.5. The van der Waals surface area contributed by atoms with Gasteiger partial charge in [-0.3, -0.25) is 4.79 Å². The Morgan fingerprint density at radius 3 is 3.00 bits per heavy atom. The molecule has 1 amide bonds. The Kier molecular flexibility index (Phi) is 3.96. The number of nitrogens with one attached hydrogen (secondary N) is 1. The predicted octanol–water partition coefficient (Wildman–Crippen LogP) is 2.09. The number of aliphatic hydroxyl groups is 1. The van der Waals surface area contributed by atoms with Gasteiger partial charge < -0.3 is 10.4 Å². The van der Waals surface area contributed by atoms with Crippen LogP contribution in [0.3, 0.4) is 0 Å². The lowest BCUT2D eigenvalue weighted by molar-refractivity contribution is -0.127. The van der Waals surface area contributed by atoms with Gasteiger partial charge in [-0.2, -0.15) is 0 Å². The molecule has 1 atom stereocenters.